The summed E-state index contributed by atoms with van der Waals surface area (Å²) >= 11 is 0. The minimum Gasteiger partial charge on any atom is -0.508 e. The van der Waals surface area contributed by atoms with Gasteiger partial charge in [0.25, 0.3) is 11.7 Å². The van der Waals surface area contributed by atoms with Gasteiger partial charge in [-0.05, 0) is 61.9 Å². The van der Waals surface area contributed by atoms with E-state index in [1.54, 1.807) is 48.5 Å². The van der Waals surface area contributed by atoms with Crippen molar-refractivity contribution >= 4 is 23.1 Å². The molecule has 1 saturated heterocycles. The van der Waals surface area contributed by atoms with E-state index in [9.17, 15) is 19.8 Å². The van der Waals surface area contributed by atoms with Crippen LogP contribution in [0.5, 0.6) is 28.7 Å². The van der Waals surface area contributed by atoms with Gasteiger partial charge in [-0.1, -0.05) is 12.1 Å². The number of benzene rings is 3. The van der Waals surface area contributed by atoms with E-state index >= 15 is 0 Å². The van der Waals surface area contributed by atoms with Gasteiger partial charge in [0.1, 0.15) is 11.5 Å². The average Bonchev–Trinajstić information content (AvgIpc) is 3.47. The third-order valence-corrected chi connectivity index (χ3v) is 6.10. The number of phenolic OH excluding ortho intramolecular Hbond substituents is 1. The van der Waals surface area contributed by atoms with E-state index in [0.717, 1.165) is 0 Å². The average molecular weight is 504 g/mol. The highest BCUT2D eigenvalue weighted by Gasteiger charge is 2.47. The second-order valence-corrected chi connectivity index (χ2v) is 8.33. The number of ketones is 1. The fourth-order valence-electron chi connectivity index (χ4n) is 4.46. The van der Waals surface area contributed by atoms with E-state index in [1.165, 1.54) is 17.0 Å². The molecule has 5 rings (SSSR count). The van der Waals surface area contributed by atoms with Crippen LogP contribution in [-0.4, -0.2) is 41.9 Å². The summed E-state index contributed by atoms with van der Waals surface area (Å²) in [6.45, 7) is 4.53. The number of hydrogen-bond donors (Lipinski definition) is 2. The third-order valence-electron chi connectivity index (χ3n) is 6.10. The molecule has 0 aromatic heterocycles. The Labute approximate surface area is 213 Å². The van der Waals surface area contributed by atoms with Crippen LogP contribution in [-0.2, 0) is 9.59 Å². The molecular formula is C28H25NO8. The molecule has 1 amide bonds. The maximum atomic E-state index is 13.4. The number of fused-ring (bicyclic) bond motifs is 1. The van der Waals surface area contributed by atoms with Crippen LogP contribution in [0, 0.1) is 0 Å². The second kappa shape index (κ2) is 9.77. The van der Waals surface area contributed by atoms with Gasteiger partial charge in [-0.2, -0.15) is 0 Å². The summed E-state index contributed by atoms with van der Waals surface area (Å²) < 4.78 is 22.1. The summed E-state index contributed by atoms with van der Waals surface area (Å²) in [6.07, 6.45) is 0. The number of nitrogens with zero attached hydrogens (tertiary/aromatic N) is 1. The van der Waals surface area contributed by atoms with Gasteiger partial charge in [-0.25, -0.2) is 0 Å². The summed E-state index contributed by atoms with van der Waals surface area (Å²) in [5, 5.41) is 21.2. The van der Waals surface area contributed by atoms with Crippen LogP contribution in [0.25, 0.3) is 5.76 Å². The van der Waals surface area contributed by atoms with Crippen molar-refractivity contribution < 1.29 is 38.7 Å². The van der Waals surface area contributed by atoms with Gasteiger partial charge in [-0.3, -0.25) is 14.5 Å². The fraction of sp³-hybridized carbons (Fsp3) is 0.214. The Balaban J connectivity index is 1.67. The number of hydrogen-bond acceptors (Lipinski definition) is 8. The first kappa shape index (κ1) is 24.1. The molecule has 190 valence electrons. The molecule has 2 aliphatic rings. The van der Waals surface area contributed by atoms with E-state index in [2.05, 4.69) is 0 Å². The van der Waals surface area contributed by atoms with Crippen LogP contribution in [0.1, 0.15) is 31.0 Å². The standard InChI is InChI=1S/C28H25NO8/c1-3-34-20-12-8-18(14-23(20)35-4-2)29-25(16-5-9-19(30)10-6-16)24(27(32)28(29)33)26(31)17-7-11-21-22(13-17)37-15-36-21/h5-14,25,30-31H,3-4,15H2,1-2H3/b26-24-. The Kier molecular flexibility index (Phi) is 6.35. The van der Waals surface area contributed by atoms with Crippen molar-refractivity contribution in [3.05, 3.63) is 77.4 Å². The van der Waals surface area contributed by atoms with Gasteiger partial charge >= 0.3 is 0 Å². The molecule has 1 atom stereocenters. The molecule has 3 aromatic rings. The van der Waals surface area contributed by atoms with E-state index in [4.69, 9.17) is 18.9 Å². The van der Waals surface area contributed by atoms with Crippen LogP contribution in [0.3, 0.4) is 0 Å². The SMILES string of the molecule is CCOc1ccc(N2C(=O)C(=O)/C(=C(\O)c3ccc4c(c3)OCO4)C2c2ccc(O)cc2)cc1OCC. The van der Waals surface area contributed by atoms with Crippen LogP contribution in [0.4, 0.5) is 5.69 Å². The largest absolute Gasteiger partial charge is 0.508 e. The summed E-state index contributed by atoms with van der Waals surface area (Å²) in [5.41, 5.74) is 1.11. The molecule has 2 N–H and O–H groups in total. The van der Waals surface area contributed by atoms with Crippen molar-refractivity contribution in [2.24, 2.45) is 0 Å². The van der Waals surface area contributed by atoms with Crippen LogP contribution in [0.2, 0.25) is 0 Å². The van der Waals surface area contributed by atoms with Gasteiger partial charge in [-0.15, -0.1) is 0 Å². The lowest BCUT2D eigenvalue weighted by Crippen LogP contribution is -2.29. The topological polar surface area (TPSA) is 115 Å². The molecule has 0 spiro atoms. The molecule has 9 heteroatoms. The smallest absolute Gasteiger partial charge is 0.300 e. The minimum atomic E-state index is -0.974. The van der Waals surface area contributed by atoms with E-state index in [0.29, 0.717) is 53.0 Å². The first-order chi connectivity index (χ1) is 17.9. The second-order valence-electron chi connectivity index (χ2n) is 8.33. The number of carbonyl (C=O) groups is 2. The predicted molar refractivity (Wildman–Crippen MR) is 134 cm³/mol. The zero-order valence-electron chi connectivity index (χ0n) is 20.3. The number of aliphatic hydroxyl groups is 1. The Morgan fingerprint density at radius 3 is 2.35 bits per heavy atom. The number of aromatic hydroxyl groups is 1. The highest BCUT2D eigenvalue weighted by molar-refractivity contribution is 6.51. The van der Waals surface area contributed by atoms with E-state index in [-0.39, 0.29) is 23.9 Å². The first-order valence-corrected chi connectivity index (χ1v) is 11.8. The minimum absolute atomic E-state index is 0.0242. The van der Waals surface area contributed by atoms with Crippen molar-refractivity contribution in [1.82, 2.24) is 0 Å². The molecule has 1 unspecified atom stereocenters. The summed E-state index contributed by atoms with van der Waals surface area (Å²) in [5.74, 6) is -0.121. The molecule has 0 saturated carbocycles. The van der Waals surface area contributed by atoms with Gasteiger partial charge in [0, 0.05) is 17.3 Å². The van der Waals surface area contributed by atoms with Crippen molar-refractivity contribution in [2.45, 2.75) is 19.9 Å². The van der Waals surface area contributed by atoms with Crippen molar-refractivity contribution in [3.63, 3.8) is 0 Å². The lowest BCUT2D eigenvalue weighted by Gasteiger charge is -2.26. The molecule has 1 fully saturated rings. The highest BCUT2D eigenvalue weighted by atomic mass is 16.7. The van der Waals surface area contributed by atoms with E-state index in [1.807, 2.05) is 13.8 Å². The summed E-state index contributed by atoms with van der Waals surface area (Å²) in [4.78, 5) is 28.1. The fourth-order valence-corrected chi connectivity index (χ4v) is 4.46. The molecule has 0 bridgehead atoms. The molecular weight excluding hydrogens is 478 g/mol. The van der Waals surface area contributed by atoms with Crippen LogP contribution in [0.15, 0.2) is 66.2 Å². The zero-order valence-corrected chi connectivity index (χ0v) is 20.3. The Bertz CT molecular complexity index is 1400. The van der Waals surface area contributed by atoms with Gasteiger partial charge in [0.05, 0.1) is 24.8 Å². The van der Waals surface area contributed by atoms with Crippen molar-refractivity contribution in [2.75, 3.05) is 24.9 Å². The third kappa shape index (κ3) is 4.29. The predicted octanol–water partition coefficient (Wildman–Crippen LogP) is 4.54. The summed E-state index contributed by atoms with van der Waals surface area (Å²) in [6, 6.07) is 14.9. The lowest BCUT2D eigenvalue weighted by atomic mass is 9.95. The van der Waals surface area contributed by atoms with Crippen LogP contribution < -0.4 is 23.8 Å². The van der Waals surface area contributed by atoms with Crippen molar-refractivity contribution in [1.29, 1.82) is 0 Å². The quantitative estimate of drug-likeness (QED) is 0.274. The molecule has 3 aromatic carbocycles. The van der Waals surface area contributed by atoms with E-state index < -0.39 is 17.7 Å². The maximum absolute atomic E-state index is 13.4. The Morgan fingerprint density at radius 1 is 0.919 bits per heavy atom. The monoisotopic (exact) mass is 503 g/mol. The van der Waals surface area contributed by atoms with Gasteiger partial charge in [0.2, 0.25) is 6.79 Å². The number of rotatable bonds is 7. The molecule has 2 aliphatic heterocycles. The van der Waals surface area contributed by atoms with Gasteiger partial charge in [0.15, 0.2) is 23.0 Å². The lowest BCUT2D eigenvalue weighted by molar-refractivity contribution is -0.132. The highest BCUT2D eigenvalue weighted by Crippen LogP contribution is 2.45. The molecule has 9 nitrogen and oxygen atoms in total. The Morgan fingerprint density at radius 2 is 1.62 bits per heavy atom. The number of Topliss-reactive ketones (excluding diaryl/α,β-unsaturated/α-hetero) is 1. The molecule has 2 heterocycles. The normalized spacial score (nSPS) is 17.8. The molecule has 37 heavy (non-hydrogen) atoms. The number of aliphatic hydroxyl groups excluding tert-OH is 1. The van der Waals surface area contributed by atoms with Crippen LogP contribution >= 0.6 is 0 Å². The molecule has 0 aliphatic carbocycles. The number of carbonyl (C=O) groups excluding carboxylic acids is 2. The molecule has 0 radical (unpaired) electrons. The van der Waals surface area contributed by atoms with Crippen molar-refractivity contribution in [3.8, 4) is 28.7 Å². The number of amides is 1. The number of anilines is 1. The van der Waals surface area contributed by atoms with Gasteiger partial charge < -0.3 is 29.2 Å². The maximum Gasteiger partial charge on any atom is 0.300 e. The Hall–Kier alpha value is -4.66. The zero-order chi connectivity index (χ0) is 26.1. The number of ether oxygens (including phenoxy) is 4. The summed E-state index contributed by atoms with van der Waals surface area (Å²) in [7, 11) is 0. The first-order valence-electron chi connectivity index (χ1n) is 11.8. The number of phenols is 1.